The van der Waals surface area contributed by atoms with E-state index in [1.54, 1.807) is 0 Å². The summed E-state index contributed by atoms with van der Waals surface area (Å²) in [4.78, 5) is 11.0. The first-order valence-electron chi connectivity index (χ1n) is 3.81. The molecule has 0 radical (unpaired) electrons. The fourth-order valence-corrected chi connectivity index (χ4v) is 0.915. The van der Waals surface area contributed by atoms with Gasteiger partial charge in [-0.25, -0.2) is 0 Å². The first kappa shape index (κ1) is 8.04. The summed E-state index contributed by atoms with van der Waals surface area (Å²) in [5, 5.41) is 10.6. The zero-order valence-corrected chi connectivity index (χ0v) is 6.53. The molecule has 0 saturated carbocycles. The van der Waals surface area contributed by atoms with Crippen LogP contribution >= 0.6 is 0 Å². The van der Waals surface area contributed by atoms with Gasteiger partial charge in [0.25, 0.3) is 0 Å². The van der Waals surface area contributed by atoms with Crippen molar-refractivity contribution in [2.24, 2.45) is 15.4 Å². The Balaban J connectivity index is 2.39. The number of hydrogen-bond acceptors (Lipinski definition) is 4. The molecule has 0 aromatic heterocycles. The van der Waals surface area contributed by atoms with Gasteiger partial charge in [-0.2, -0.15) is 5.11 Å². The fraction of sp³-hybridized carbons (Fsp3) is 0.714. The maximum Gasteiger partial charge on any atom is 0.202 e. The molecule has 1 aliphatic rings. The van der Waals surface area contributed by atoms with Crippen molar-refractivity contribution in [2.75, 3.05) is 0 Å². The molecule has 1 rings (SSSR count). The van der Waals surface area contributed by atoms with Crippen LogP contribution in [0.5, 0.6) is 0 Å². The molecule has 60 valence electrons. The van der Waals surface area contributed by atoms with Crippen LogP contribution in [0.1, 0.15) is 26.2 Å². The highest BCUT2D eigenvalue weighted by molar-refractivity contribution is 6.30. The molecule has 1 unspecified atom stereocenters. The van der Waals surface area contributed by atoms with Gasteiger partial charge in [0.2, 0.25) is 5.78 Å². The number of Topliss-reactive ketones (excluding diaryl/α,β-unsaturated/α-hetero) is 1. The quantitative estimate of drug-likeness (QED) is 0.607. The Bertz CT molecular complexity index is 198. The van der Waals surface area contributed by atoms with Crippen LogP contribution in [0, 0.1) is 0 Å². The van der Waals surface area contributed by atoms with Gasteiger partial charge in [0.15, 0.2) is 0 Å². The third kappa shape index (κ3) is 2.22. The predicted octanol–water partition coefficient (Wildman–Crippen LogP) is 1.57. The molecule has 4 nitrogen and oxygen atoms in total. The van der Waals surface area contributed by atoms with Crippen LogP contribution in [0.4, 0.5) is 0 Å². The predicted molar refractivity (Wildman–Crippen MR) is 41.7 cm³/mol. The van der Waals surface area contributed by atoms with E-state index in [1.807, 2.05) is 0 Å². The van der Waals surface area contributed by atoms with Gasteiger partial charge in [0.05, 0.1) is 6.21 Å². The molecule has 0 aromatic carbocycles. The second-order valence-corrected chi connectivity index (χ2v) is 2.51. The third-order valence-electron chi connectivity index (χ3n) is 1.59. The highest BCUT2D eigenvalue weighted by Crippen LogP contribution is 2.08. The molecule has 1 heterocycles. The first-order valence-corrected chi connectivity index (χ1v) is 3.81. The minimum absolute atomic E-state index is 0.0200. The van der Waals surface area contributed by atoms with Crippen molar-refractivity contribution in [1.29, 1.82) is 0 Å². The lowest BCUT2D eigenvalue weighted by Gasteiger charge is -2.06. The molecule has 0 spiro atoms. The number of unbranched alkanes of at least 4 members (excludes halogenated alkanes) is 1. The van der Waals surface area contributed by atoms with Gasteiger partial charge in [0, 0.05) is 0 Å². The van der Waals surface area contributed by atoms with E-state index in [0.29, 0.717) is 0 Å². The average Bonchev–Trinajstić information content (AvgIpc) is 2.03. The molecular formula is C7H11N3O. The Kier molecular flexibility index (Phi) is 2.89. The first-order chi connectivity index (χ1) is 5.34. The molecule has 0 amide bonds. The van der Waals surface area contributed by atoms with Gasteiger partial charge in [-0.05, 0) is 11.6 Å². The second-order valence-electron chi connectivity index (χ2n) is 2.51. The SMILES string of the molecule is CCCCC1N=NN=CC1=O. The van der Waals surface area contributed by atoms with E-state index in [2.05, 4.69) is 22.4 Å². The zero-order valence-electron chi connectivity index (χ0n) is 6.53. The molecule has 0 aliphatic carbocycles. The summed E-state index contributed by atoms with van der Waals surface area (Å²) in [6.45, 7) is 2.08. The van der Waals surface area contributed by atoms with E-state index in [0.717, 1.165) is 19.3 Å². The summed E-state index contributed by atoms with van der Waals surface area (Å²) >= 11 is 0. The van der Waals surface area contributed by atoms with E-state index in [-0.39, 0.29) is 11.8 Å². The number of carbonyl (C=O) groups is 1. The maximum absolute atomic E-state index is 11.0. The van der Waals surface area contributed by atoms with Crippen LogP contribution in [0.3, 0.4) is 0 Å². The second kappa shape index (κ2) is 3.95. The zero-order chi connectivity index (χ0) is 8.10. The van der Waals surface area contributed by atoms with Crippen LogP contribution in [-0.4, -0.2) is 18.0 Å². The summed E-state index contributed by atoms with van der Waals surface area (Å²) in [7, 11) is 0. The molecule has 0 N–H and O–H groups in total. The fourth-order valence-electron chi connectivity index (χ4n) is 0.915. The molecule has 1 aliphatic heterocycles. The normalized spacial score (nSPS) is 22.6. The van der Waals surface area contributed by atoms with Gasteiger partial charge >= 0.3 is 0 Å². The largest absolute Gasteiger partial charge is 0.291 e. The van der Waals surface area contributed by atoms with Crippen LogP contribution in [0.15, 0.2) is 15.4 Å². The Labute approximate surface area is 65.4 Å². The van der Waals surface area contributed by atoms with Crippen molar-refractivity contribution in [1.82, 2.24) is 0 Å². The van der Waals surface area contributed by atoms with Gasteiger partial charge in [-0.1, -0.05) is 19.8 Å². The lowest BCUT2D eigenvalue weighted by molar-refractivity contribution is -0.114. The van der Waals surface area contributed by atoms with Gasteiger partial charge in [-0.3, -0.25) is 4.79 Å². The smallest absolute Gasteiger partial charge is 0.202 e. The van der Waals surface area contributed by atoms with Crippen molar-refractivity contribution in [3.05, 3.63) is 0 Å². The molecule has 0 saturated heterocycles. The molecule has 0 aromatic rings. The summed E-state index contributed by atoms with van der Waals surface area (Å²) in [6, 6.07) is -0.257. The van der Waals surface area contributed by atoms with Crippen molar-refractivity contribution >= 4 is 12.0 Å². The summed E-state index contributed by atoms with van der Waals surface area (Å²) < 4.78 is 0. The topological polar surface area (TPSA) is 54.1 Å². The standard InChI is InChI=1S/C7H11N3O/c1-2-3-4-6-7(11)5-8-10-9-6/h5-6H,2-4H2,1H3. The number of rotatable bonds is 3. The highest BCUT2D eigenvalue weighted by atomic mass is 16.1. The summed E-state index contributed by atoms with van der Waals surface area (Å²) in [5.74, 6) is -0.0200. The minimum Gasteiger partial charge on any atom is -0.291 e. The van der Waals surface area contributed by atoms with Crippen molar-refractivity contribution in [3.8, 4) is 0 Å². The molecule has 0 bridgehead atoms. The Morgan fingerprint density at radius 3 is 3.09 bits per heavy atom. The number of nitrogens with zero attached hydrogens (tertiary/aromatic N) is 3. The lowest BCUT2D eigenvalue weighted by Crippen LogP contribution is -2.20. The third-order valence-corrected chi connectivity index (χ3v) is 1.59. The summed E-state index contributed by atoms with van der Waals surface area (Å²) in [5.41, 5.74) is 0. The Morgan fingerprint density at radius 1 is 1.64 bits per heavy atom. The summed E-state index contributed by atoms with van der Waals surface area (Å²) in [6.07, 6.45) is 4.14. The average molecular weight is 153 g/mol. The lowest BCUT2D eigenvalue weighted by atomic mass is 10.1. The molecule has 11 heavy (non-hydrogen) atoms. The van der Waals surface area contributed by atoms with Gasteiger partial charge in [0.1, 0.15) is 6.04 Å². The number of hydrogen-bond donors (Lipinski definition) is 0. The van der Waals surface area contributed by atoms with E-state index in [4.69, 9.17) is 0 Å². The number of carbonyl (C=O) groups excluding carboxylic acids is 1. The van der Waals surface area contributed by atoms with Gasteiger partial charge in [-0.15, -0.1) is 5.10 Å². The number of ketones is 1. The van der Waals surface area contributed by atoms with Crippen LogP contribution in [-0.2, 0) is 4.79 Å². The monoisotopic (exact) mass is 153 g/mol. The molecular weight excluding hydrogens is 142 g/mol. The van der Waals surface area contributed by atoms with Crippen molar-refractivity contribution < 1.29 is 4.79 Å². The minimum atomic E-state index is -0.257. The van der Waals surface area contributed by atoms with Crippen LogP contribution in [0.25, 0.3) is 0 Å². The van der Waals surface area contributed by atoms with Crippen molar-refractivity contribution in [3.63, 3.8) is 0 Å². The molecule has 4 heteroatoms. The van der Waals surface area contributed by atoms with Crippen LogP contribution < -0.4 is 0 Å². The Morgan fingerprint density at radius 2 is 2.45 bits per heavy atom. The Hall–Kier alpha value is -1.06. The van der Waals surface area contributed by atoms with E-state index in [9.17, 15) is 4.79 Å². The van der Waals surface area contributed by atoms with Crippen LogP contribution in [0.2, 0.25) is 0 Å². The molecule has 1 atom stereocenters. The van der Waals surface area contributed by atoms with Gasteiger partial charge < -0.3 is 0 Å². The van der Waals surface area contributed by atoms with Crippen molar-refractivity contribution in [2.45, 2.75) is 32.2 Å². The van der Waals surface area contributed by atoms with E-state index in [1.165, 1.54) is 6.21 Å². The van der Waals surface area contributed by atoms with E-state index >= 15 is 0 Å². The maximum atomic E-state index is 11.0. The van der Waals surface area contributed by atoms with E-state index < -0.39 is 0 Å². The highest BCUT2D eigenvalue weighted by Gasteiger charge is 2.17. The molecule has 0 fully saturated rings.